The van der Waals surface area contributed by atoms with E-state index in [1.54, 1.807) is 24.3 Å². The van der Waals surface area contributed by atoms with E-state index in [2.05, 4.69) is 5.32 Å². The summed E-state index contributed by atoms with van der Waals surface area (Å²) >= 11 is 0. The lowest BCUT2D eigenvalue weighted by molar-refractivity contribution is -0.130. The van der Waals surface area contributed by atoms with Crippen molar-refractivity contribution >= 4 is 29.8 Å². The fraction of sp³-hybridized carbons (Fsp3) is 0.278. The van der Waals surface area contributed by atoms with Gasteiger partial charge in [0, 0.05) is 19.2 Å². The molecule has 0 atom stereocenters. The average molecular weight is 357 g/mol. The van der Waals surface area contributed by atoms with Crippen molar-refractivity contribution in [1.29, 1.82) is 0 Å². The van der Waals surface area contributed by atoms with Gasteiger partial charge in [0.15, 0.2) is 5.88 Å². The number of amides is 4. The van der Waals surface area contributed by atoms with Crippen LogP contribution in [-0.4, -0.2) is 35.8 Å². The Balaban J connectivity index is 1.85. The molecule has 3 rings (SSSR count). The summed E-state index contributed by atoms with van der Waals surface area (Å²) in [5.74, 6) is -0.0110. The second-order valence-corrected chi connectivity index (χ2v) is 5.64. The highest BCUT2D eigenvalue weighted by atomic mass is 16.4. The van der Waals surface area contributed by atoms with Crippen LogP contribution in [0.4, 0.5) is 10.7 Å². The first-order valence-corrected chi connectivity index (χ1v) is 8.29. The van der Waals surface area contributed by atoms with E-state index in [1.165, 1.54) is 12.3 Å². The minimum absolute atomic E-state index is 0.0643. The van der Waals surface area contributed by atoms with Crippen LogP contribution in [0.2, 0.25) is 0 Å². The molecule has 0 unspecified atom stereocenters. The number of nitrogens with zero attached hydrogens (tertiary/aromatic N) is 2. The van der Waals surface area contributed by atoms with Gasteiger partial charge in [0.05, 0.1) is 12.8 Å². The van der Waals surface area contributed by atoms with Crippen LogP contribution in [0.3, 0.4) is 0 Å². The lowest BCUT2D eigenvalue weighted by Crippen LogP contribution is -2.53. The normalized spacial score (nSPS) is 16.3. The van der Waals surface area contributed by atoms with Crippen LogP contribution in [0.15, 0.2) is 44.9 Å². The molecule has 0 aromatic carbocycles. The zero-order chi connectivity index (χ0) is 18.7. The first kappa shape index (κ1) is 17.5. The number of carbonyl (C=O) groups excluding carboxylic acids is 3. The Kier molecular flexibility index (Phi) is 4.92. The standard InChI is InChI=1S/C18H19N3O5/c1-3-20(4-2)15-8-7-12(26-15)10-14-16(22)19-18(24)21(17(14)23)11-13-6-5-9-25-13/h5-10H,3-4,11H2,1-2H3,(H,19,22,24). The summed E-state index contributed by atoms with van der Waals surface area (Å²) in [5.41, 5.74) is -0.170. The molecule has 8 nitrogen and oxygen atoms in total. The maximum absolute atomic E-state index is 12.6. The molecule has 26 heavy (non-hydrogen) atoms. The lowest BCUT2D eigenvalue weighted by Gasteiger charge is -2.25. The zero-order valence-electron chi connectivity index (χ0n) is 14.5. The third-order valence-corrected chi connectivity index (χ3v) is 4.05. The van der Waals surface area contributed by atoms with E-state index in [1.807, 2.05) is 18.7 Å². The number of carbonyl (C=O) groups is 3. The Hall–Kier alpha value is -3.29. The predicted octanol–water partition coefficient (Wildman–Crippen LogP) is 2.38. The minimum atomic E-state index is -0.781. The monoisotopic (exact) mass is 357 g/mol. The van der Waals surface area contributed by atoms with Crippen molar-refractivity contribution in [2.45, 2.75) is 20.4 Å². The second-order valence-electron chi connectivity index (χ2n) is 5.64. The SMILES string of the molecule is CCN(CC)c1ccc(C=C2C(=O)NC(=O)N(Cc3ccco3)C2=O)o1. The van der Waals surface area contributed by atoms with E-state index in [4.69, 9.17) is 8.83 Å². The summed E-state index contributed by atoms with van der Waals surface area (Å²) in [5, 5.41) is 2.16. The molecule has 1 N–H and O–H groups in total. The second kappa shape index (κ2) is 7.30. The molecule has 0 saturated carbocycles. The van der Waals surface area contributed by atoms with Crippen molar-refractivity contribution in [3.8, 4) is 0 Å². The summed E-state index contributed by atoms with van der Waals surface area (Å²) in [6.07, 6.45) is 2.79. The molecule has 0 aliphatic carbocycles. The smallest absolute Gasteiger partial charge is 0.331 e. The van der Waals surface area contributed by atoms with Gasteiger partial charge in [-0.2, -0.15) is 0 Å². The highest BCUT2D eigenvalue weighted by molar-refractivity contribution is 6.30. The Bertz CT molecular complexity index is 846. The molecule has 0 bridgehead atoms. The fourth-order valence-corrected chi connectivity index (χ4v) is 2.66. The van der Waals surface area contributed by atoms with Gasteiger partial charge in [-0.25, -0.2) is 4.79 Å². The van der Waals surface area contributed by atoms with Crippen molar-refractivity contribution in [2.75, 3.05) is 18.0 Å². The zero-order valence-corrected chi connectivity index (χ0v) is 14.5. The van der Waals surface area contributed by atoms with Crippen LogP contribution in [-0.2, 0) is 16.1 Å². The van der Waals surface area contributed by atoms with Crippen LogP contribution in [0.25, 0.3) is 6.08 Å². The topological polar surface area (TPSA) is 96.0 Å². The van der Waals surface area contributed by atoms with Crippen LogP contribution in [0, 0.1) is 0 Å². The Morgan fingerprint density at radius 3 is 2.58 bits per heavy atom. The van der Waals surface area contributed by atoms with Gasteiger partial charge in [0.25, 0.3) is 11.8 Å². The lowest BCUT2D eigenvalue weighted by atomic mass is 10.1. The number of urea groups is 1. The molecule has 4 amide bonds. The highest BCUT2D eigenvalue weighted by Crippen LogP contribution is 2.22. The van der Waals surface area contributed by atoms with E-state index >= 15 is 0 Å². The van der Waals surface area contributed by atoms with E-state index in [9.17, 15) is 14.4 Å². The first-order chi connectivity index (χ1) is 12.5. The van der Waals surface area contributed by atoms with E-state index in [0.29, 0.717) is 17.4 Å². The van der Waals surface area contributed by atoms with Gasteiger partial charge in [0.1, 0.15) is 17.1 Å². The summed E-state index contributed by atoms with van der Waals surface area (Å²) in [6, 6.07) is 5.96. The molecule has 0 spiro atoms. The number of nitrogens with one attached hydrogen (secondary N) is 1. The number of anilines is 1. The number of imide groups is 2. The predicted molar refractivity (Wildman–Crippen MR) is 93.0 cm³/mol. The first-order valence-electron chi connectivity index (χ1n) is 8.29. The van der Waals surface area contributed by atoms with Crippen molar-refractivity contribution < 1.29 is 23.2 Å². The molecule has 1 aliphatic rings. The van der Waals surface area contributed by atoms with Crippen LogP contribution in [0.5, 0.6) is 0 Å². The maximum atomic E-state index is 12.6. The maximum Gasteiger partial charge on any atom is 0.331 e. The summed E-state index contributed by atoms with van der Waals surface area (Å²) < 4.78 is 10.9. The van der Waals surface area contributed by atoms with E-state index in [0.717, 1.165) is 18.0 Å². The van der Waals surface area contributed by atoms with Gasteiger partial charge < -0.3 is 13.7 Å². The molecule has 1 aliphatic heterocycles. The van der Waals surface area contributed by atoms with Gasteiger partial charge in [-0.1, -0.05) is 0 Å². The third kappa shape index (κ3) is 3.39. The van der Waals surface area contributed by atoms with Gasteiger partial charge in [-0.3, -0.25) is 19.8 Å². The van der Waals surface area contributed by atoms with Crippen molar-refractivity contribution in [1.82, 2.24) is 10.2 Å². The summed E-state index contributed by atoms with van der Waals surface area (Å²) in [4.78, 5) is 39.6. The third-order valence-electron chi connectivity index (χ3n) is 4.05. The molecule has 2 aromatic rings. The van der Waals surface area contributed by atoms with E-state index in [-0.39, 0.29) is 12.1 Å². The molecule has 3 heterocycles. The largest absolute Gasteiger partial charge is 0.467 e. The van der Waals surface area contributed by atoms with Gasteiger partial charge in [-0.05, 0) is 38.1 Å². The molecule has 1 fully saturated rings. The van der Waals surface area contributed by atoms with Crippen molar-refractivity contribution in [2.24, 2.45) is 0 Å². The molecule has 2 aromatic heterocycles. The molecule has 136 valence electrons. The molecular formula is C18H19N3O5. The summed E-state index contributed by atoms with van der Waals surface area (Å²) in [6.45, 7) is 5.47. The number of furan rings is 2. The fourth-order valence-electron chi connectivity index (χ4n) is 2.66. The van der Waals surface area contributed by atoms with Crippen molar-refractivity contribution in [3.05, 3.63) is 47.6 Å². The molecule has 8 heteroatoms. The highest BCUT2D eigenvalue weighted by Gasteiger charge is 2.36. The van der Waals surface area contributed by atoms with Crippen LogP contribution in [0.1, 0.15) is 25.4 Å². The van der Waals surface area contributed by atoms with Gasteiger partial charge in [0.2, 0.25) is 0 Å². The number of hydrogen-bond acceptors (Lipinski definition) is 6. The van der Waals surface area contributed by atoms with Crippen molar-refractivity contribution in [3.63, 3.8) is 0 Å². The van der Waals surface area contributed by atoms with Crippen LogP contribution < -0.4 is 10.2 Å². The Morgan fingerprint density at radius 2 is 1.92 bits per heavy atom. The van der Waals surface area contributed by atoms with Gasteiger partial charge in [-0.15, -0.1) is 0 Å². The molecule has 1 saturated heterocycles. The number of hydrogen-bond donors (Lipinski definition) is 1. The molecule has 0 radical (unpaired) electrons. The number of rotatable bonds is 6. The Morgan fingerprint density at radius 1 is 1.15 bits per heavy atom. The molecular weight excluding hydrogens is 338 g/mol. The van der Waals surface area contributed by atoms with E-state index < -0.39 is 17.8 Å². The Labute approximate surface area is 150 Å². The quantitative estimate of drug-likeness (QED) is 0.630. The minimum Gasteiger partial charge on any atom is -0.467 e. The van der Waals surface area contributed by atoms with Crippen LogP contribution >= 0.6 is 0 Å². The summed E-state index contributed by atoms with van der Waals surface area (Å²) in [7, 11) is 0. The van der Waals surface area contributed by atoms with Gasteiger partial charge >= 0.3 is 6.03 Å². The average Bonchev–Trinajstić information content (AvgIpc) is 3.29. The number of barbiturate groups is 1.